The average Bonchev–Trinajstić information content (AvgIpc) is 2.35. The Balaban J connectivity index is 3.39. The molecule has 0 unspecified atom stereocenters. The molecule has 0 aliphatic carbocycles. The summed E-state index contributed by atoms with van der Waals surface area (Å²) in [5.74, 6) is -0.744. The van der Waals surface area contributed by atoms with E-state index in [1.165, 1.54) is 12.1 Å². The minimum Gasteiger partial charge on any atom is -0.405 e. The fourth-order valence-electron chi connectivity index (χ4n) is 1.22. The van der Waals surface area contributed by atoms with Crippen LogP contribution in [0.5, 0.6) is 5.75 Å². The first-order valence-electron chi connectivity index (χ1n) is 4.83. The van der Waals surface area contributed by atoms with E-state index in [0.29, 0.717) is 0 Å². The number of allylic oxidation sites excluding steroid dienone is 1. The molecule has 0 bridgehead atoms. The summed E-state index contributed by atoms with van der Waals surface area (Å²) in [6, 6.07) is 5.19. The lowest BCUT2D eigenvalue weighted by Gasteiger charge is -2.11. The number of rotatable bonds is 3. The highest BCUT2D eigenvalue weighted by Crippen LogP contribution is 2.30. The third-order valence-corrected chi connectivity index (χ3v) is 1.97. The standard InChI is InChI=1S/C11H4F3N3O3/c12-11(13,14)20-10-2-1-9(17(18)19)4-8(10)3-7(5-15)6-16/h1-4H. The van der Waals surface area contributed by atoms with Gasteiger partial charge in [-0.3, -0.25) is 10.1 Å². The van der Waals surface area contributed by atoms with Gasteiger partial charge in [-0.05, 0) is 12.1 Å². The Morgan fingerprint density at radius 1 is 1.35 bits per heavy atom. The Morgan fingerprint density at radius 3 is 2.40 bits per heavy atom. The maximum atomic E-state index is 12.2. The first-order chi connectivity index (χ1) is 9.26. The lowest BCUT2D eigenvalue weighted by Crippen LogP contribution is -2.17. The maximum absolute atomic E-state index is 12.2. The van der Waals surface area contributed by atoms with Gasteiger partial charge in [0.2, 0.25) is 0 Å². The maximum Gasteiger partial charge on any atom is 0.573 e. The van der Waals surface area contributed by atoms with Gasteiger partial charge in [-0.2, -0.15) is 10.5 Å². The van der Waals surface area contributed by atoms with Crippen LogP contribution >= 0.6 is 0 Å². The van der Waals surface area contributed by atoms with Crippen LogP contribution in [0.1, 0.15) is 5.56 Å². The lowest BCUT2D eigenvalue weighted by molar-refractivity contribution is -0.385. The highest BCUT2D eigenvalue weighted by molar-refractivity contribution is 5.68. The zero-order chi connectivity index (χ0) is 15.3. The van der Waals surface area contributed by atoms with E-state index in [1.807, 2.05) is 0 Å². The van der Waals surface area contributed by atoms with Crippen molar-refractivity contribution >= 4 is 11.8 Å². The van der Waals surface area contributed by atoms with Crippen molar-refractivity contribution in [1.29, 1.82) is 10.5 Å². The molecular weight excluding hydrogens is 279 g/mol. The van der Waals surface area contributed by atoms with E-state index in [1.54, 1.807) is 0 Å². The van der Waals surface area contributed by atoms with Gasteiger partial charge in [0.15, 0.2) is 0 Å². The molecule has 102 valence electrons. The van der Waals surface area contributed by atoms with Gasteiger partial charge in [-0.15, -0.1) is 13.2 Å². The SMILES string of the molecule is N#CC(C#N)=Cc1cc([N+](=O)[O-])ccc1OC(F)(F)F. The predicted octanol–water partition coefficient (Wildman–Crippen LogP) is 2.92. The molecule has 0 spiro atoms. The molecule has 0 aliphatic rings. The molecule has 1 aromatic rings. The number of hydrogen-bond donors (Lipinski definition) is 0. The summed E-state index contributed by atoms with van der Waals surface area (Å²) >= 11 is 0. The van der Waals surface area contributed by atoms with Crippen LogP contribution in [0.2, 0.25) is 0 Å². The topological polar surface area (TPSA) is 100.0 Å². The molecule has 1 rings (SSSR count). The number of nitro groups is 1. The Labute approximate surface area is 110 Å². The van der Waals surface area contributed by atoms with Gasteiger partial charge >= 0.3 is 6.36 Å². The second kappa shape index (κ2) is 5.71. The molecule has 0 aliphatic heterocycles. The fraction of sp³-hybridized carbons (Fsp3) is 0.0909. The molecule has 1 aromatic carbocycles. The molecule has 0 fully saturated rings. The van der Waals surface area contributed by atoms with Crippen LogP contribution in [-0.2, 0) is 0 Å². The Kier molecular flexibility index (Phi) is 4.28. The minimum absolute atomic E-state index is 0.394. The quantitative estimate of drug-likeness (QED) is 0.482. The number of non-ortho nitro benzene ring substituents is 1. The van der Waals surface area contributed by atoms with E-state index >= 15 is 0 Å². The Hall–Kier alpha value is -3.07. The van der Waals surface area contributed by atoms with E-state index in [2.05, 4.69) is 4.74 Å². The highest BCUT2D eigenvalue weighted by Gasteiger charge is 2.32. The van der Waals surface area contributed by atoms with Crippen LogP contribution in [0, 0.1) is 32.8 Å². The van der Waals surface area contributed by atoms with E-state index in [-0.39, 0.29) is 0 Å². The molecule has 6 nitrogen and oxygen atoms in total. The summed E-state index contributed by atoms with van der Waals surface area (Å²) in [7, 11) is 0. The number of benzene rings is 1. The van der Waals surface area contributed by atoms with Crippen molar-refractivity contribution in [2.24, 2.45) is 0 Å². The molecule has 0 saturated carbocycles. The van der Waals surface area contributed by atoms with Crippen molar-refractivity contribution < 1.29 is 22.8 Å². The number of alkyl halides is 3. The molecule has 0 N–H and O–H groups in total. The Bertz CT molecular complexity index is 638. The van der Waals surface area contributed by atoms with Crippen molar-refractivity contribution in [1.82, 2.24) is 0 Å². The minimum atomic E-state index is -5.00. The van der Waals surface area contributed by atoms with Crippen LogP contribution in [-0.4, -0.2) is 11.3 Å². The second-order valence-electron chi connectivity index (χ2n) is 3.31. The summed E-state index contributed by atoms with van der Waals surface area (Å²) in [6.45, 7) is 0. The number of nitro benzene ring substituents is 1. The first-order valence-corrected chi connectivity index (χ1v) is 4.83. The third kappa shape index (κ3) is 3.99. The van der Waals surface area contributed by atoms with Gasteiger partial charge in [0, 0.05) is 17.7 Å². The molecule has 20 heavy (non-hydrogen) atoms. The van der Waals surface area contributed by atoms with Gasteiger partial charge < -0.3 is 4.74 Å². The molecular formula is C11H4F3N3O3. The summed E-state index contributed by atoms with van der Waals surface area (Å²) in [5.41, 5.74) is -1.41. The summed E-state index contributed by atoms with van der Waals surface area (Å²) in [5, 5.41) is 27.7. The molecule has 0 heterocycles. The molecule has 0 amide bonds. The number of hydrogen-bond acceptors (Lipinski definition) is 5. The van der Waals surface area contributed by atoms with Gasteiger partial charge in [-0.25, -0.2) is 0 Å². The summed E-state index contributed by atoms with van der Waals surface area (Å²) in [4.78, 5) is 9.74. The van der Waals surface area contributed by atoms with Gasteiger partial charge in [0.1, 0.15) is 23.5 Å². The van der Waals surface area contributed by atoms with E-state index in [0.717, 1.165) is 24.3 Å². The summed E-state index contributed by atoms with van der Waals surface area (Å²) in [6.07, 6.45) is -4.23. The third-order valence-electron chi connectivity index (χ3n) is 1.97. The van der Waals surface area contributed by atoms with Crippen molar-refractivity contribution in [3.8, 4) is 17.9 Å². The number of nitriles is 2. The van der Waals surface area contributed by atoms with Crippen molar-refractivity contribution in [3.63, 3.8) is 0 Å². The molecule has 0 radical (unpaired) electrons. The largest absolute Gasteiger partial charge is 0.573 e. The lowest BCUT2D eigenvalue weighted by atomic mass is 10.1. The number of ether oxygens (including phenoxy) is 1. The highest BCUT2D eigenvalue weighted by atomic mass is 19.4. The molecule has 0 saturated heterocycles. The normalized spacial score (nSPS) is 10.1. The predicted molar refractivity (Wildman–Crippen MR) is 59.0 cm³/mol. The number of halogens is 3. The average molecular weight is 283 g/mol. The van der Waals surface area contributed by atoms with Crippen LogP contribution in [0.25, 0.3) is 6.08 Å². The first kappa shape index (κ1) is 15.0. The summed E-state index contributed by atoms with van der Waals surface area (Å²) < 4.78 is 40.2. The van der Waals surface area contributed by atoms with Crippen LogP contribution in [0.15, 0.2) is 23.8 Å². The molecule has 9 heteroatoms. The number of nitrogens with zero attached hydrogens (tertiary/aromatic N) is 3. The van der Waals surface area contributed by atoms with Crippen LogP contribution < -0.4 is 4.74 Å². The second-order valence-corrected chi connectivity index (χ2v) is 3.31. The molecule has 0 atom stereocenters. The van der Waals surface area contributed by atoms with Gasteiger partial charge in [-0.1, -0.05) is 0 Å². The zero-order valence-corrected chi connectivity index (χ0v) is 9.51. The van der Waals surface area contributed by atoms with E-state index in [9.17, 15) is 23.3 Å². The van der Waals surface area contributed by atoms with Gasteiger partial charge in [0.05, 0.1) is 4.92 Å². The fourth-order valence-corrected chi connectivity index (χ4v) is 1.22. The van der Waals surface area contributed by atoms with Crippen molar-refractivity contribution in [2.75, 3.05) is 0 Å². The van der Waals surface area contributed by atoms with E-state index in [4.69, 9.17) is 10.5 Å². The molecule has 0 aromatic heterocycles. The van der Waals surface area contributed by atoms with Crippen molar-refractivity contribution in [3.05, 3.63) is 39.4 Å². The smallest absolute Gasteiger partial charge is 0.405 e. The van der Waals surface area contributed by atoms with E-state index < -0.39 is 33.9 Å². The van der Waals surface area contributed by atoms with Crippen molar-refractivity contribution in [2.45, 2.75) is 6.36 Å². The van der Waals surface area contributed by atoms with Gasteiger partial charge in [0.25, 0.3) is 5.69 Å². The zero-order valence-electron chi connectivity index (χ0n) is 9.51. The Morgan fingerprint density at radius 2 is 1.95 bits per heavy atom. The van der Waals surface area contributed by atoms with Crippen LogP contribution in [0.3, 0.4) is 0 Å². The monoisotopic (exact) mass is 283 g/mol. The van der Waals surface area contributed by atoms with Crippen LogP contribution in [0.4, 0.5) is 18.9 Å².